The van der Waals surface area contributed by atoms with Crippen molar-refractivity contribution in [2.24, 2.45) is 0 Å². The van der Waals surface area contributed by atoms with Crippen LogP contribution in [-0.2, 0) is 6.61 Å². The van der Waals surface area contributed by atoms with E-state index in [0.717, 1.165) is 10.7 Å². The standard InChI is InChI=1S/C20H20N2O4S/c1-13-21-16(12-27-13)11-26-17-7-4-14(5-8-17)20(23)22-15-6-9-18(24-2)19(10-15)25-3/h4-10,12H,11H2,1-3H3,(H,22,23). The summed E-state index contributed by atoms with van der Waals surface area (Å²) in [6, 6.07) is 12.2. The molecule has 2 aromatic carbocycles. The second-order valence-corrected chi connectivity index (χ2v) is 6.76. The number of anilines is 1. The quantitative estimate of drug-likeness (QED) is 0.658. The first-order chi connectivity index (χ1) is 13.1. The topological polar surface area (TPSA) is 69.7 Å². The molecular formula is C20H20N2O4S. The Morgan fingerprint density at radius 1 is 1.07 bits per heavy atom. The van der Waals surface area contributed by atoms with Gasteiger partial charge in [-0.2, -0.15) is 0 Å². The zero-order valence-electron chi connectivity index (χ0n) is 15.3. The van der Waals surface area contributed by atoms with Crippen LogP contribution in [0.1, 0.15) is 21.1 Å². The number of thiazole rings is 1. The van der Waals surface area contributed by atoms with Crippen LogP contribution in [0, 0.1) is 6.92 Å². The molecule has 1 aromatic heterocycles. The lowest BCUT2D eigenvalue weighted by molar-refractivity contribution is 0.102. The lowest BCUT2D eigenvalue weighted by Crippen LogP contribution is -2.12. The van der Waals surface area contributed by atoms with Crippen LogP contribution in [0.3, 0.4) is 0 Å². The molecule has 0 saturated carbocycles. The maximum Gasteiger partial charge on any atom is 0.255 e. The smallest absolute Gasteiger partial charge is 0.255 e. The van der Waals surface area contributed by atoms with Crippen LogP contribution in [0.15, 0.2) is 47.8 Å². The van der Waals surface area contributed by atoms with Gasteiger partial charge in [0.25, 0.3) is 5.91 Å². The van der Waals surface area contributed by atoms with Gasteiger partial charge in [-0.15, -0.1) is 11.3 Å². The predicted octanol–water partition coefficient (Wildman–Crippen LogP) is 4.30. The van der Waals surface area contributed by atoms with Crippen LogP contribution in [0.25, 0.3) is 0 Å². The van der Waals surface area contributed by atoms with E-state index >= 15 is 0 Å². The molecule has 1 amide bonds. The Hall–Kier alpha value is -3.06. The van der Waals surface area contributed by atoms with E-state index in [0.29, 0.717) is 35.1 Å². The summed E-state index contributed by atoms with van der Waals surface area (Å²) < 4.78 is 16.1. The molecule has 0 atom stereocenters. The van der Waals surface area contributed by atoms with Gasteiger partial charge in [0.2, 0.25) is 0 Å². The second kappa shape index (κ2) is 8.55. The number of aryl methyl sites for hydroxylation is 1. The number of hydrogen-bond donors (Lipinski definition) is 1. The predicted molar refractivity (Wildman–Crippen MR) is 105 cm³/mol. The molecule has 7 heteroatoms. The molecule has 27 heavy (non-hydrogen) atoms. The van der Waals surface area contributed by atoms with Crippen LogP contribution in [0.4, 0.5) is 5.69 Å². The number of aromatic nitrogens is 1. The van der Waals surface area contributed by atoms with Crippen LogP contribution in [-0.4, -0.2) is 25.1 Å². The molecule has 140 valence electrons. The van der Waals surface area contributed by atoms with Crippen molar-refractivity contribution in [2.45, 2.75) is 13.5 Å². The normalized spacial score (nSPS) is 10.3. The van der Waals surface area contributed by atoms with Crippen molar-refractivity contribution in [3.05, 3.63) is 64.1 Å². The molecule has 0 saturated heterocycles. The van der Waals surface area contributed by atoms with E-state index in [9.17, 15) is 4.79 Å². The van der Waals surface area contributed by atoms with Crippen molar-refractivity contribution < 1.29 is 19.0 Å². The van der Waals surface area contributed by atoms with Gasteiger partial charge in [-0.1, -0.05) is 0 Å². The molecule has 3 rings (SSSR count). The van der Waals surface area contributed by atoms with E-state index in [1.807, 2.05) is 12.3 Å². The lowest BCUT2D eigenvalue weighted by atomic mass is 10.2. The summed E-state index contributed by atoms with van der Waals surface area (Å²) in [6.07, 6.45) is 0. The number of nitrogens with zero attached hydrogens (tertiary/aromatic N) is 1. The van der Waals surface area contributed by atoms with Gasteiger partial charge in [-0.25, -0.2) is 4.98 Å². The minimum Gasteiger partial charge on any atom is -0.493 e. The summed E-state index contributed by atoms with van der Waals surface area (Å²) >= 11 is 1.59. The number of hydrogen-bond acceptors (Lipinski definition) is 6. The average Bonchev–Trinajstić information content (AvgIpc) is 3.11. The molecule has 0 bridgehead atoms. The van der Waals surface area contributed by atoms with Gasteiger partial charge in [-0.05, 0) is 43.3 Å². The van der Waals surface area contributed by atoms with E-state index in [2.05, 4.69) is 10.3 Å². The highest BCUT2D eigenvalue weighted by Gasteiger charge is 2.10. The van der Waals surface area contributed by atoms with Gasteiger partial charge >= 0.3 is 0 Å². The molecular weight excluding hydrogens is 364 g/mol. The fourth-order valence-corrected chi connectivity index (χ4v) is 3.05. The van der Waals surface area contributed by atoms with Crippen LogP contribution in [0.5, 0.6) is 17.2 Å². The third-order valence-electron chi connectivity index (χ3n) is 3.81. The fourth-order valence-electron chi connectivity index (χ4n) is 2.45. The lowest BCUT2D eigenvalue weighted by Gasteiger charge is -2.11. The van der Waals surface area contributed by atoms with Gasteiger partial charge in [-0.3, -0.25) is 4.79 Å². The SMILES string of the molecule is COc1ccc(NC(=O)c2ccc(OCc3csc(C)n3)cc2)cc1OC. The Bertz CT molecular complexity index is 922. The van der Waals surface area contributed by atoms with E-state index < -0.39 is 0 Å². The Kier molecular flexibility index (Phi) is 5.93. The molecule has 0 aliphatic carbocycles. The third kappa shape index (κ3) is 4.77. The van der Waals surface area contributed by atoms with E-state index in [1.165, 1.54) is 0 Å². The van der Waals surface area contributed by atoms with Crippen molar-refractivity contribution in [1.29, 1.82) is 0 Å². The molecule has 6 nitrogen and oxygen atoms in total. The van der Waals surface area contributed by atoms with E-state index in [4.69, 9.17) is 14.2 Å². The summed E-state index contributed by atoms with van der Waals surface area (Å²) in [4.78, 5) is 16.8. The monoisotopic (exact) mass is 384 g/mol. The Morgan fingerprint density at radius 3 is 2.44 bits per heavy atom. The number of methoxy groups -OCH3 is 2. The number of benzene rings is 2. The molecule has 1 N–H and O–H groups in total. The molecule has 3 aromatic rings. The first kappa shape index (κ1) is 18.7. The van der Waals surface area contributed by atoms with Crippen molar-refractivity contribution in [2.75, 3.05) is 19.5 Å². The van der Waals surface area contributed by atoms with Gasteiger partial charge in [0.15, 0.2) is 11.5 Å². The maximum atomic E-state index is 12.4. The summed E-state index contributed by atoms with van der Waals surface area (Å²) in [5.41, 5.74) is 2.05. The number of carbonyl (C=O) groups excluding carboxylic acids is 1. The van der Waals surface area contributed by atoms with Crippen molar-refractivity contribution >= 4 is 22.9 Å². The highest BCUT2D eigenvalue weighted by molar-refractivity contribution is 7.09. The summed E-state index contributed by atoms with van der Waals surface area (Å²) in [5, 5.41) is 5.82. The van der Waals surface area contributed by atoms with E-state index in [-0.39, 0.29) is 5.91 Å². The molecule has 0 aliphatic rings. The Labute approximate surface area is 161 Å². The number of rotatable bonds is 7. The number of amides is 1. The van der Waals surface area contributed by atoms with Crippen LogP contribution >= 0.6 is 11.3 Å². The van der Waals surface area contributed by atoms with Crippen LogP contribution in [0.2, 0.25) is 0 Å². The summed E-state index contributed by atoms with van der Waals surface area (Å²) in [5.74, 6) is 1.62. The molecule has 1 heterocycles. The Morgan fingerprint density at radius 2 is 1.81 bits per heavy atom. The summed E-state index contributed by atoms with van der Waals surface area (Å²) in [6.45, 7) is 2.36. The van der Waals surface area contributed by atoms with Crippen LogP contribution < -0.4 is 19.5 Å². The zero-order valence-corrected chi connectivity index (χ0v) is 16.1. The van der Waals surface area contributed by atoms with E-state index in [1.54, 1.807) is 68.0 Å². The highest BCUT2D eigenvalue weighted by Crippen LogP contribution is 2.30. The zero-order chi connectivity index (χ0) is 19.2. The average molecular weight is 384 g/mol. The highest BCUT2D eigenvalue weighted by atomic mass is 32.1. The maximum absolute atomic E-state index is 12.4. The largest absolute Gasteiger partial charge is 0.493 e. The van der Waals surface area contributed by atoms with Gasteiger partial charge in [0, 0.05) is 22.7 Å². The van der Waals surface area contributed by atoms with Gasteiger partial charge < -0.3 is 19.5 Å². The van der Waals surface area contributed by atoms with Gasteiger partial charge in [0.1, 0.15) is 12.4 Å². The Balaban J connectivity index is 1.61. The number of ether oxygens (including phenoxy) is 3. The molecule has 0 spiro atoms. The van der Waals surface area contributed by atoms with Crippen molar-refractivity contribution in [3.63, 3.8) is 0 Å². The number of nitrogens with one attached hydrogen (secondary N) is 1. The van der Waals surface area contributed by atoms with Crippen molar-refractivity contribution in [1.82, 2.24) is 4.98 Å². The third-order valence-corrected chi connectivity index (χ3v) is 4.63. The first-order valence-corrected chi connectivity index (χ1v) is 9.14. The van der Waals surface area contributed by atoms with Gasteiger partial charge in [0.05, 0.1) is 24.9 Å². The molecule has 0 unspecified atom stereocenters. The molecule has 0 aliphatic heterocycles. The van der Waals surface area contributed by atoms with Crippen molar-refractivity contribution in [3.8, 4) is 17.2 Å². The molecule has 0 radical (unpaired) electrons. The first-order valence-electron chi connectivity index (χ1n) is 8.26. The minimum atomic E-state index is -0.219. The minimum absolute atomic E-state index is 0.219. The second-order valence-electron chi connectivity index (χ2n) is 5.69. The molecule has 0 fully saturated rings. The number of carbonyl (C=O) groups is 1. The summed E-state index contributed by atoms with van der Waals surface area (Å²) in [7, 11) is 3.12. The fraction of sp³-hybridized carbons (Fsp3) is 0.200.